The molecule has 0 aliphatic heterocycles. The van der Waals surface area contributed by atoms with E-state index in [4.69, 9.17) is 0 Å². The van der Waals surface area contributed by atoms with Crippen LogP contribution >= 0.6 is 11.8 Å². The maximum atomic E-state index is 11.2. The molecule has 2 aromatic rings. The van der Waals surface area contributed by atoms with Crippen molar-refractivity contribution in [2.75, 3.05) is 5.75 Å². The van der Waals surface area contributed by atoms with Crippen LogP contribution in [0.1, 0.15) is 23.7 Å². The van der Waals surface area contributed by atoms with E-state index in [2.05, 4.69) is 11.9 Å². The van der Waals surface area contributed by atoms with E-state index in [9.17, 15) is 9.90 Å². The Bertz CT molecular complexity index is 554. The Balaban J connectivity index is 2.54. The molecule has 4 heteroatoms. The minimum Gasteiger partial charge on any atom is -0.478 e. The third kappa shape index (κ3) is 2.58. The topological polar surface area (TPSA) is 50.2 Å². The fourth-order valence-electron chi connectivity index (χ4n) is 1.56. The number of carboxylic acid groups (broad SMARTS) is 1. The molecule has 1 aromatic carbocycles. The van der Waals surface area contributed by atoms with Gasteiger partial charge in [-0.2, -0.15) is 0 Å². The van der Waals surface area contributed by atoms with Crippen LogP contribution < -0.4 is 0 Å². The number of fused-ring (bicyclic) bond motifs is 1. The summed E-state index contributed by atoms with van der Waals surface area (Å²) in [4.78, 5) is 15.6. The summed E-state index contributed by atoms with van der Waals surface area (Å²) in [6, 6.07) is 9.27. The number of hydrogen-bond acceptors (Lipinski definition) is 3. The van der Waals surface area contributed by atoms with Gasteiger partial charge in [-0.3, -0.25) is 0 Å². The van der Waals surface area contributed by atoms with Crippen LogP contribution in [-0.2, 0) is 0 Å². The summed E-state index contributed by atoms with van der Waals surface area (Å²) in [6.07, 6.45) is 0.998. The first-order valence-electron chi connectivity index (χ1n) is 5.48. The van der Waals surface area contributed by atoms with Gasteiger partial charge in [-0.15, -0.1) is 11.8 Å². The molecule has 0 saturated heterocycles. The van der Waals surface area contributed by atoms with Crippen LogP contribution in [0.15, 0.2) is 35.4 Å². The summed E-state index contributed by atoms with van der Waals surface area (Å²) in [5, 5.41) is 10.6. The van der Waals surface area contributed by atoms with Gasteiger partial charge in [0, 0.05) is 5.39 Å². The predicted octanol–water partition coefficient (Wildman–Crippen LogP) is 3.44. The Morgan fingerprint density at radius 2 is 2.18 bits per heavy atom. The van der Waals surface area contributed by atoms with E-state index in [1.807, 2.05) is 24.3 Å². The molecule has 3 nitrogen and oxygen atoms in total. The predicted molar refractivity (Wildman–Crippen MR) is 69.7 cm³/mol. The molecule has 1 N–H and O–H groups in total. The number of nitrogens with zero attached hydrogens (tertiary/aromatic N) is 1. The minimum atomic E-state index is -0.915. The first-order chi connectivity index (χ1) is 8.22. The molecule has 2 rings (SSSR count). The molecule has 17 heavy (non-hydrogen) atoms. The molecule has 0 aliphatic rings. The Kier molecular flexibility index (Phi) is 3.64. The van der Waals surface area contributed by atoms with Gasteiger partial charge in [-0.25, -0.2) is 9.78 Å². The normalized spacial score (nSPS) is 10.6. The van der Waals surface area contributed by atoms with Crippen molar-refractivity contribution in [2.24, 2.45) is 0 Å². The molecule has 0 amide bonds. The Morgan fingerprint density at radius 3 is 2.88 bits per heavy atom. The van der Waals surface area contributed by atoms with Gasteiger partial charge >= 0.3 is 5.97 Å². The number of rotatable bonds is 4. The maximum Gasteiger partial charge on any atom is 0.338 e. The molecule has 1 aromatic heterocycles. The second-order valence-corrected chi connectivity index (χ2v) is 4.77. The SMILES string of the molecule is CCCSc1nc2ccccc2cc1C(=O)O. The number of pyridine rings is 1. The van der Waals surface area contributed by atoms with Crippen molar-refractivity contribution >= 4 is 28.6 Å². The lowest BCUT2D eigenvalue weighted by Crippen LogP contribution is -2.01. The summed E-state index contributed by atoms with van der Waals surface area (Å²) in [7, 11) is 0. The van der Waals surface area contributed by atoms with Crippen molar-refractivity contribution in [1.29, 1.82) is 0 Å². The molecule has 0 saturated carbocycles. The highest BCUT2D eigenvalue weighted by molar-refractivity contribution is 7.99. The van der Waals surface area contributed by atoms with E-state index in [-0.39, 0.29) is 0 Å². The van der Waals surface area contributed by atoms with Crippen LogP contribution in [0.2, 0.25) is 0 Å². The average molecular weight is 247 g/mol. The van der Waals surface area contributed by atoms with E-state index in [1.165, 1.54) is 11.8 Å². The quantitative estimate of drug-likeness (QED) is 0.841. The molecule has 0 fully saturated rings. The summed E-state index contributed by atoms with van der Waals surface area (Å²) in [6.45, 7) is 2.06. The van der Waals surface area contributed by atoms with E-state index in [0.29, 0.717) is 10.6 Å². The van der Waals surface area contributed by atoms with Crippen molar-refractivity contribution in [3.63, 3.8) is 0 Å². The van der Waals surface area contributed by atoms with Gasteiger partial charge in [0.1, 0.15) is 5.03 Å². The zero-order chi connectivity index (χ0) is 12.3. The van der Waals surface area contributed by atoms with Crippen molar-refractivity contribution in [2.45, 2.75) is 18.4 Å². The van der Waals surface area contributed by atoms with Crippen LogP contribution in [0, 0.1) is 0 Å². The summed E-state index contributed by atoms with van der Waals surface area (Å²) in [5.41, 5.74) is 1.14. The van der Waals surface area contributed by atoms with Crippen LogP contribution in [0.5, 0.6) is 0 Å². The summed E-state index contributed by atoms with van der Waals surface area (Å²) < 4.78 is 0. The van der Waals surface area contributed by atoms with Gasteiger partial charge in [0.25, 0.3) is 0 Å². The van der Waals surface area contributed by atoms with Crippen molar-refractivity contribution in [1.82, 2.24) is 4.98 Å². The molecule has 88 valence electrons. The van der Waals surface area contributed by atoms with E-state index >= 15 is 0 Å². The minimum absolute atomic E-state index is 0.294. The highest BCUT2D eigenvalue weighted by atomic mass is 32.2. The lowest BCUT2D eigenvalue weighted by Gasteiger charge is -2.06. The van der Waals surface area contributed by atoms with Crippen LogP contribution in [0.4, 0.5) is 0 Å². The first-order valence-corrected chi connectivity index (χ1v) is 6.47. The van der Waals surface area contributed by atoms with Crippen LogP contribution in [-0.4, -0.2) is 21.8 Å². The molecule has 0 aliphatic carbocycles. The smallest absolute Gasteiger partial charge is 0.338 e. The van der Waals surface area contributed by atoms with Gasteiger partial charge < -0.3 is 5.11 Å². The Labute approximate surface area is 104 Å². The molecule has 0 spiro atoms. The molecule has 0 bridgehead atoms. The number of carbonyl (C=O) groups is 1. The van der Waals surface area contributed by atoms with Crippen LogP contribution in [0.25, 0.3) is 10.9 Å². The van der Waals surface area contributed by atoms with Gasteiger partial charge in [0.2, 0.25) is 0 Å². The number of aromatic nitrogens is 1. The molecule has 0 atom stereocenters. The first kappa shape index (κ1) is 11.9. The third-order valence-electron chi connectivity index (χ3n) is 2.36. The molecular formula is C13H13NO2S. The molecule has 0 radical (unpaired) electrons. The molecule has 0 unspecified atom stereocenters. The third-order valence-corrected chi connectivity index (χ3v) is 3.56. The number of para-hydroxylation sites is 1. The molecule has 1 heterocycles. The summed E-state index contributed by atoms with van der Waals surface area (Å²) >= 11 is 1.50. The highest BCUT2D eigenvalue weighted by Gasteiger charge is 2.13. The van der Waals surface area contributed by atoms with E-state index in [1.54, 1.807) is 6.07 Å². The highest BCUT2D eigenvalue weighted by Crippen LogP contribution is 2.25. The van der Waals surface area contributed by atoms with Crippen molar-refractivity contribution in [3.8, 4) is 0 Å². The van der Waals surface area contributed by atoms with Gasteiger partial charge in [-0.1, -0.05) is 25.1 Å². The zero-order valence-electron chi connectivity index (χ0n) is 9.51. The second-order valence-electron chi connectivity index (χ2n) is 3.69. The largest absolute Gasteiger partial charge is 0.478 e. The van der Waals surface area contributed by atoms with Crippen molar-refractivity contribution in [3.05, 3.63) is 35.9 Å². The van der Waals surface area contributed by atoms with E-state index < -0.39 is 5.97 Å². The summed E-state index contributed by atoms with van der Waals surface area (Å²) in [5.74, 6) is -0.0344. The van der Waals surface area contributed by atoms with Gasteiger partial charge in [0.15, 0.2) is 0 Å². The molecular weight excluding hydrogens is 234 g/mol. The van der Waals surface area contributed by atoms with Crippen LogP contribution in [0.3, 0.4) is 0 Å². The number of benzene rings is 1. The maximum absolute atomic E-state index is 11.2. The van der Waals surface area contributed by atoms with Gasteiger partial charge in [0.05, 0.1) is 11.1 Å². The average Bonchev–Trinajstić information content (AvgIpc) is 2.35. The fourth-order valence-corrected chi connectivity index (χ4v) is 2.42. The Hall–Kier alpha value is -1.55. The zero-order valence-corrected chi connectivity index (χ0v) is 10.3. The Morgan fingerprint density at radius 1 is 1.41 bits per heavy atom. The van der Waals surface area contributed by atoms with E-state index in [0.717, 1.165) is 23.1 Å². The monoisotopic (exact) mass is 247 g/mol. The van der Waals surface area contributed by atoms with Crippen molar-refractivity contribution < 1.29 is 9.90 Å². The number of aromatic carboxylic acids is 1. The van der Waals surface area contributed by atoms with Gasteiger partial charge in [-0.05, 0) is 24.3 Å². The lowest BCUT2D eigenvalue weighted by atomic mass is 10.1. The standard InChI is InChI=1S/C13H13NO2S/c1-2-7-17-12-10(13(15)16)8-9-5-3-4-6-11(9)14-12/h3-6,8H,2,7H2,1H3,(H,15,16). The second kappa shape index (κ2) is 5.19. The number of thioether (sulfide) groups is 1. The number of hydrogen-bond donors (Lipinski definition) is 1. The lowest BCUT2D eigenvalue weighted by molar-refractivity contribution is 0.0692. The fraction of sp³-hybridized carbons (Fsp3) is 0.231. The number of carboxylic acids is 1.